The van der Waals surface area contributed by atoms with Gasteiger partial charge in [0.25, 0.3) is 0 Å². The van der Waals surface area contributed by atoms with E-state index < -0.39 is 5.91 Å². The van der Waals surface area contributed by atoms with Gasteiger partial charge < -0.3 is 20.3 Å². The average molecular weight is 295 g/mol. The Kier molecular flexibility index (Phi) is 4.17. The van der Waals surface area contributed by atoms with Crippen molar-refractivity contribution in [2.75, 3.05) is 39.8 Å². The fourth-order valence-electron chi connectivity index (χ4n) is 3.42. The van der Waals surface area contributed by atoms with Crippen LogP contribution < -0.4 is 5.73 Å². The number of primary amides is 1. The van der Waals surface area contributed by atoms with Gasteiger partial charge in [0, 0.05) is 25.6 Å². The van der Waals surface area contributed by atoms with Crippen molar-refractivity contribution in [3.63, 3.8) is 0 Å². The molecule has 1 heterocycles. The molecule has 3 aliphatic rings. The highest BCUT2D eigenvalue weighted by molar-refractivity contribution is 5.86. The molecule has 1 saturated heterocycles. The van der Waals surface area contributed by atoms with Gasteiger partial charge in [-0.25, -0.2) is 0 Å². The molecule has 118 valence electrons. The molecular formula is C15H25N3O3. The van der Waals surface area contributed by atoms with E-state index in [1.807, 2.05) is 7.05 Å². The van der Waals surface area contributed by atoms with E-state index in [1.54, 1.807) is 4.90 Å². The summed E-state index contributed by atoms with van der Waals surface area (Å²) < 4.78 is 5.71. The molecule has 3 rings (SSSR count). The molecule has 0 unspecified atom stereocenters. The zero-order chi connectivity index (χ0) is 15.0. The summed E-state index contributed by atoms with van der Waals surface area (Å²) in [4.78, 5) is 27.7. The molecule has 21 heavy (non-hydrogen) atoms. The van der Waals surface area contributed by atoms with Gasteiger partial charge >= 0.3 is 0 Å². The minimum atomic E-state index is -0.448. The van der Waals surface area contributed by atoms with Gasteiger partial charge in [-0.1, -0.05) is 0 Å². The number of hydrogen-bond acceptors (Lipinski definition) is 4. The molecular weight excluding hydrogens is 270 g/mol. The van der Waals surface area contributed by atoms with Crippen molar-refractivity contribution >= 4 is 11.8 Å². The second-order valence-electron chi connectivity index (χ2n) is 6.78. The first-order valence-corrected chi connectivity index (χ1v) is 7.92. The predicted molar refractivity (Wildman–Crippen MR) is 77.3 cm³/mol. The zero-order valence-corrected chi connectivity index (χ0v) is 12.7. The van der Waals surface area contributed by atoms with Crippen LogP contribution in [0.3, 0.4) is 0 Å². The van der Waals surface area contributed by atoms with Gasteiger partial charge in [0.2, 0.25) is 11.8 Å². The summed E-state index contributed by atoms with van der Waals surface area (Å²) in [6, 6.07) is 0. The minimum Gasteiger partial charge on any atom is -0.374 e. The molecule has 2 aliphatic carbocycles. The fraction of sp³-hybridized carbons (Fsp3) is 0.867. The van der Waals surface area contributed by atoms with Gasteiger partial charge in [-0.15, -0.1) is 0 Å². The molecule has 3 fully saturated rings. The van der Waals surface area contributed by atoms with Crippen molar-refractivity contribution in [1.82, 2.24) is 9.80 Å². The predicted octanol–water partition coefficient (Wildman–Crippen LogP) is -0.323. The molecule has 6 nitrogen and oxygen atoms in total. The van der Waals surface area contributed by atoms with E-state index >= 15 is 0 Å². The number of morpholine rings is 1. The van der Waals surface area contributed by atoms with E-state index in [4.69, 9.17) is 10.5 Å². The van der Waals surface area contributed by atoms with Crippen LogP contribution in [0.2, 0.25) is 0 Å². The maximum atomic E-state index is 12.6. The third-order valence-corrected chi connectivity index (χ3v) is 4.81. The van der Waals surface area contributed by atoms with E-state index in [1.165, 1.54) is 12.8 Å². The Morgan fingerprint density at radius 3 is 2.76 bits per heavy atom. The Labute approximate surface area is 125 Å². The number of carbonyl (C=O) groups excluding carboxylic acids is 2. The van der Waals surface area contributed by atoms with Gasteiger partial charge in [-0.2, -0.15) is 0 Å². The van der Waals surface area contributed by atoms with Crippen LogP contribution in [-0.4, -0.2) is 67.6 Å². The summed E-state index contributed by atoms with van der Waals surface area (Å²) >= 11 is 0. The van der Waals surface area contributed by atoms with E-state index in [-0.39, 0.29) is 24.5 Å². The van der Waals surface area contributed by atoms with Gasteiger partial charge in [0.1, 0.15) is 0 Å². The van der Waals surface area contributed by atoms with E-state index in [9.17, 15) is 9.59 Å². The number of nitrogens with two attached hydrogens (primary N) is 1. The van der Waals surface area contributed by atoms with Gasteiger partial charge in [-0.3, -0.25) is 9.59 Å². The maximum absolute atomic E-state index is 12.6. The van der Waals surface area contributed by atoms with Crippen LogP contribution in [0.15, 0.2) is 0 Å². The van der Waals surface area contributed by atoms with Crippen LogP contribution >= 0.6 is 0 Å². The molecule has 0 aromatic carbocycles. The molecule has 2 amide bonds. The lowest BCUT2D eigenvalue weighted by atomic mass is 10.2. The molecule has 3 atom stereocenters. The van der Waals surface area contributed by atoms with Crippen LogP contribution in [0.4, 0.5) is 0 Å². The highest BCUT2D eigenvalue weighted by Crippen LogP contribution is 2.54. The Bertz CT molecular complexity index is 424. The normalized spacial score (nSPS) is 32.7. The largest absolute Gasteiger partial charge is 0.374 e. The zero-order valence-electron chi connectivity index (χ0n) is 12.7. The van der Waals surface area contributed by atoms with Gasteiger partial charge in [0.15, 0.2) is 0 Å². The number of hydrogen-bond donors (Lipinski definition) is 1. The van der Waals surface area contributed by atoms with Crippen LogP contribution in [0.1, 0.15) is 19.3 Å². The molecule has 0 radical (unpaired) electrons. The third kappa shape index (κ3) is 3.74. The summed E-state index contributed by atoms with van der Waals surface area (Å²) in [6.07, 6.45) is 3.50. The van der Waals surface area contributed by atoms with Gasteiger partial charge in [-0.05, 0) is 38.1 Å². The highest BCUT2D eigenvalue weighted by Gasteiger charge is 2.52. The second kappa shape index (κ2) is 5.93. The molecule has 0 spiro atoms. The number of likely N-dealkylation sites (N-methyl/N-ethyl adjacent to an activating group) is 1. The third-order valence-electron chi connectivity index (χ3n) is 4.81. The number of rotatable bonds is 6. The molecule has 0 aromatic rings. The van der Waals surface area contributed by atoms with Gasteiger partial charge in [0.05, 0.1) is 19.3 Å². The summed E-state index contributed by atoms with van der Waals surface area (Å²) in [6.45, 7) is 2.86. The second-order valence-corrected chi connectivity index (χ2v) is 6.78. The van der Waals surface area contributed by atoms with Crippen molar-refractivity contribution in [2.45, 2.75) is 25.4 Å². The van der Waals surface area contributed by atoms with Crippen LogP contribution in [0.5, 0.6) is 0 Å². The molecule has 6 heteroatoms. The Morgan fingerprint density at radius 2 is 2.14 bits per heavy atom. The molecule has 2 N–H and O–H groups in total. The first-order valence-electron chi connectivity index (χ1n) is 7.92. The average Bonchev–Trinajstić information content (AvgIpc) is 3.26. The smallest absolute Gasteiger partial charge is 0.237 e. The van der Waals surface area contributed by atoms with Crippen molar-refractivity contribution in [3.05, 3.63) is 0 Å². The topological polar surface area (TPSA) is 75.9 Å². The van der Waals surface area contributed by atoms with E-state index in [0.29, 0.717) is 19.1 Å². The Hall–Kier alpha value is -1.14. The summed E-state index contributed by atoms with van der Waals surface area (Å²) in [7, 11) is 2.04. The minimum absolute atomic E-state index is 0.0102. The lowest BCUT2D eigenvalue weighted by Crippen LogP contribution is -2.49. The lowest BCUT2D eigenvalue weighted by Gasteiger charge is -2.33. The SMILES string of the molecule is CN1CCO[C@H](CN(CC(N)=O)C(=O)[C@H]2C[C@@H]2C2CC2)C1. The first-order chi connectivity index (χ1) is 10.0. The number of ether oxygens (including phenoxy) is 1. The molecule has 2 saturated carbocycles. The summed E-state index contributed by atoms with van der Waals surface area (Å²) in [5, 5.41) is 0. The quantitative estimate of drug-likeness (QED) is 0.728. The molecule has 0 bridgehead atoms. The standard InChI is InChI=1S/C15H25N3O3/c1-17-4-5-21-11(7-17)8-18(9-14(16)19)15(20)13-6-12(13)10-2-3-10/h10-13H,2-9H2,1H3,(H2,16,19)/t11-,12+,13-/m0/s1. The monoisotopic (exact) mass is 295 g/mol. The summed E-state index contributed by atoms with van der Waals surface area (Å²) in [5.41, 5.74) is 5.31. The van der Waals surface area contributed by atoms with Crippen molar-refractivity contribution in [1.29, 1.82) is 0 Å². The van der Waals surface area contributed by atoms with Crippen molar-refractivity contribution in [2.24, 2.45) is 23.5 Å². The Morgan fingerprint density at radius 1 is 1.38 bits per heavy atom. The number of amides is 2. The summed E-state index contributed by atoms with van der Waals surface area (Å²) in [5.74, 6) is 1.09. The lowest BCUT2D eigenvalue weighted by molar-refractivity contribution is -0.139. The van der Waals surface area contributed by atoms with Crippen molar-refractivity contribution < 1.29 is 14.3 Å². The van der Waals surface area contributed by atoms with Crippen LogP contribution in [-0.2, 0) is 14.3 Å². The highest BCUT2D eigenvalue weighted by atomic mass is 16.5. The molecule has 1 aliphatic heterocycles. The van der Waals surface area contributed by atoms with Crippen LogP contribution in [0.25, 0.3) is 0 Å². The van der Waals surface area contributed by atoms with Crippen molar-refractivity contribution in [3.8, 4) is 0 Å². The number of nitrogens with zero attached hydrogens (tertiary/aromatic N) is 2. The first kappa shape index (κ1) is 14.8. The fourth-order valence-corrected chi connectivity index (χ4v) is 3.42. The molecule has 0 aromatic heterocycles. The Balaban J connectivity index is 1.57. The maximum Gasteiger partial charge on any atom is 0.237 e. The van der Waals surface area contributed by atoms with E-state index in [0.717, 1.165) is 25.4 Å². The van der Waals surface area contributed by atoms with E-state index in [2.05, 4.69) is 4.90 Å². The van der Waals surface area contributed by atoms with Crippen LogP contribution in [0, 0.1) is 17.8 Å². The number of carbonyl (C=O) groups is 2.